The summed E-state index contributed by atoms with van der Waals surface area (Å²) in [6.07, 6.45) is 2.41. The first-order valence-corrected chi connectivity index (χ1v) is 4.32. The molecule has 0 aromatic rings. The summed E-state index contributed by atoms with van der Waals surface area (Å²) in [4.78, 5) is 21.1. The van der Waals surface area contributed by atoms with Crippen molar-refractivity contribution in [3.05, 3.63) is 0 Å². The second-order valence-electron chi connectivity index (χ2n) is 3.83. The van der Waals surface area contributed by atoms with Gasteiger partial charge in [-0.15, -0.1) is 0 Å². The van der Waals surface area contributed by atoms with Crippen LogP contribution in [0.2, 0.25) is 0 Å². The van der Waals surface area contributed by atoms with E-state index in [9.17, 15) is 9.59 Å². The lowest BCUT2D eigenvalue weighted by Gasteiger charge is -2.08. The van der Waals surface area contributed by atoms with Gasteiger partial charge in [-0.2, -0.15) is 0 Å². The Morgan fingerprint density at radius 3 is 2.54 bits per heavy atom. The normalized spacial score (nSPS) is 17.9. The Balaban J connectivity index is 2.05. The number of hydrogen-bond acceptors (Lipinski definition) is 3. The number of imide groups is 1. The Labute approximate surface area is 77.1 Å². The summed E-state index contributed by atoms with van der Waals surface area (Å²) >= 11 is 0. The van der Waals surface area contributed by atoms with Crippen molar-refractivity contribution in [1.29, 1.82) is 0 Å². The second-order valence-corrected chi connectivity index (χ2v) is 3.83. The van der Waals surface area contributed by atoms with Gasteiger partial charge in [0.05, 0.1) is 6.54 Å². The van der Waals surface area contributed by atoms with Crippen LogP contribution >= 0.6 is 0 Å². The van der Waals surface area contributed by atoms with E-state index in [1.807, 2.05) is 5.32 Å². The highest BCUT2D eigenvalue weighted by Gasteiger charge is 2.36. The quantitative estimate of drug-likeness (QED) is 0.555. The van der Waals surface area contributed by atoms with Crippen molar-refractivity contribution >= 4 is 11.9 Å². The van der Waals surface area contributed by atoms with Crippen LogP contribution in [-0.2, 0) is 4.79 Å². The van der Waals surface area contributed by atoms with Crippen molar-refractivity contribution in [3.63, 3.8) is 0 Å². The molecule has 5 heteroatoms. The maximum absolute atomic E-state index is 10.9. The van der Waals surface area contributed by atoms with Crippen LogP contribution in [0.5, 0.6) is 0 Å². The van der Waals surface area contributed by atoms with Gasteiger partial charge >= 0.3 is 6.03 Å². The monoisotopic (exact) mass is 185 g/mol. The molecule has 13 heavy (non-hydrogen) atoms. The van der Waals surface area contributed by atoms with E-state index in [0.717, 1.165) is 6.54 Å². The Morgan fingerprint density at radius 2 is 2.08 bits per heavy atom. The number of nitrogens with one attached hydrogen (secondary N) is 2. The summed E-state index contributed by atoms with van der Waals surface area (Å²) in [5.41, 5.74) is 5.13. The van der Waals surface area contributed by atoms with E-state index in [1.54, 1.807) is 0 Å². The SMILES string of the molecule is CC1(CNCC(=O)NC(N)=O)CC1. The number of urea groups is 1. The first-order chi connectivity index (χ1) is 6.02. The molecule has 1 saturated carbocycles. The summed E-state index contributed by atoms with van der Waals surface area (Å²) in [5.74, 6) is -0.378. The number of hydrogen-bond donors (Lipinski definition) is 3. The maximum Gasteiger partial charge on any atom is 0.318 e. The molecule has 1 aliphatic rings. The van der Waals surface area contributed by atoms with Gasteiger partial charge in [-0.05, 0) is 18.3 Å². The molecule has 0 aromatic heterocycles. The molecule has 0 aliphatic heterocycles. The third kappa shape index (κ3) is 3.89. The number of amides is 3. The fourth-order valence-corrected chi connectivity index (χ4v) is 1.05. The molecular formula is C8H15N3O2. The first-order valence-electron chi connectivity index (χ1n) is 4.32. The molecule has 3 amide bonds. The highest BCUT2D eigenvalue weighted by molar-refractivity contribution is 5.94. The number of primary amides is 1. The number of nitrogens with two attached hydrogens (primary N) is 1. The summed E-state index contributed by atoms with van der Waals surface area (Å²) < 4.78 is 0. The zero-order chi connectivity index (χ0) is 9.90. The summed E-state index contributed by atoms with van der Waals surface area (Å²) in [6, 6.07) is -0.801. The Morgan fingerprint density at radius 1 is 1.46 bits per heavy atom. The molecule has 4 N–H and O–H groups in total. The zero-order valence-electron chi connectivity index (χ0n) is 7.72. The smallest absolute Gasteiger partial charge is 0.318 e. The van der Waals surface area contributed by atoms with Gasteiger partial charge in [0, 0.05) is 6.54 Å². The minimum atomic E-state index is -0.801. The molecule has 0 spiro atoms. The van der Waals surface area contributed by atoms with Gasteiger partial charge in [-0.25, -0.2) is 4.79 Å². The fraction of sp³-hybridized carbons (Fsp3) is 0.750. The van der Waals surface area contributed by atoms with Gasteiger partial charge in [0.25, 0.3) is 0 Å². The van der Waals surface area contributed by atoms with E-state index in [0.29, 0.717) is 5.41 Å². The van der Waals surface area contributed by atoms with Crippen LogP contribution in [-0.4, -0.2) is 25.0 Å². The average Bonchev–Trinajstić information content (AvgIpc) is 2.66. The summed E-state index contributed by atoms with van der Waals surface area (Å²) in [6.45, 7) is 3.13. The van der Waals surface area contributed by atoms with Crippen molar-refractivity contribution in [2.75, 3.05) is 13.1 Å². The molecule has 0 bridgehead atoms. The molecule has 1 rings (SSSR count). The van der Waals surface area contributed by atoms with Crippen LogP contribution in [0.3, 0.4) is 0 Å². The highest BCUT2D eigenvalue weighted by atomic mass is 16.2. The van der Waals surface area contributed by atoms with Crippen molar-refractivity contribution in [3.8, 4) is 0 Å². The van der Waals surface area contributed by atoms with Crippen LogP contribution < -0.4 is 16.4 Å². The van der Waals surface area contributed by atoms with Crippen molar-refractivity contribution in [1.82, 2.24) is 10.6 Å². The third-order valence-electron chi connectivity index (χ3n) is 2.20. The van der Waals surface area contributed by atoms with E-state index in [-0.39, 0.29) is 12.5 Å². The van der Waals surface area contributed by atoms with E-state index < -0.39 is 6.03 Å². The molecule has 0 saturated heterocycles. The minimum Gasteiger partial charge on any atom is -0.351 e. The molecule has 74 valence electrons. The van der Waals surface area contributed by atoms with E-state index in [1.165, 1.54) is 12.8 Å². The minimum absolute atomic E-state index is 0.151. The number of carbonyl (C=O) groups is 2. The maximum atomic E-state index is 10.9. The van der Waals surface area contributed by atoms with Gasteiger partial charge in [0.1, 0.15) is 0 Å². The molecule has 0 aromatic carbocycles. The van der Waals surface area contributed by atoms with Crippen LogP contribution in [0.25, 0.3) is 0 Å². The molecule has 0 radical (unpaired) electrons. The molecule has 0 atom stereocenters. The van der Waals surface area contributed by atoms with Gasteiger partial charge in [0.2, 0.25) is 5.91 Å². The predicted octanol–water partition coefficient (Wildman–Crippen LogP) is -0.429. The standard InChI is InChI=1S/C8H15N3O2/c1-8(2-3-8)5-10-4-6(12)11-7(9)13/h10H,2-5H2,1H3,(H3,9,11,12,13). The van der Waals surface area contributed by atoms with Gasteiger partial charge in [-0.1, -0.05) is 6.92 Å². The second kappa shape index (κ2) is 3.74. The topological polar surface area (TPSA) is 84.2 Å². The van der Waals surface area contributed by atoms with E-state index in [2.05, 4.69) is 12.2 Å². The van der Waals surface area contributed by atoms with Crippen molar-refractivity contribution < 1.29 is 9.59 Å². The first kappa shape index (κ1) is 9.98. The van der Waals surface area contributed by atoms with Gasteiger partial charge in [0.15, 0.2) is 0 Å². The van der Waals surface area contributed by atoms with E-state index >= 15 is 0 Å². The summed E-state index contributed by atoms with van der Waals surface area (Å²) in [7, 11) is 0. The Hall–Kier alpha value is -1.10. The van der Waals surface area contributed by atoms with Crippen LogP contribution in [0.15, 0.2) is 0 Å². The lowest BCUT2D eigenvalue weighted by molar-refractivity contribution is -0.119. The predicted molar refractivity (Wildman–Crippen MR) is 47.9 cm³/mol. The van der Waals surface area contributed by atoms with Crippen molar-refractivity contribution in [2.45, 2.75) is 19.8 Å². The lowest BCUT2D eigenvalue weighted by Crippen LogP contribution is -2.41. The molecule has 1 fully saturated rings. The number of carbonyl (C=O) groups excluding carboxylic acids is 2. The van der Waals surface area contributed by atoms with Crippen LogP contribution in [0.1, 0.15) is 19.8 Å². The van der Waals surface area contributed by atoms with Crippen LogP contribution in [0.4, 0.5) is 4.79 Å². The third-order valence-corrected chi connectivity index (χ3v) is 2.20. The largest absolute Gasteiger partial charge is 0.351 e. The molecular weight excluding hydrogens is 170 g/mol. The molecule has 0 heterocycles. The van der Waals surface area contributed by atoms with Crippen molar-refractivity contribution in [2.24, 2.45) is 11.1 Å². The van der Waals surface area contributed by atoms with Gasteiger partial charge in [-0.3, -0.25) is 10.1 Å². The average molecular weight is 185 g/mol. The zero-order valence-corrected chi connectivity index (χ0v) is 7.72. The molecule has 5 nitrogen and oxygen atoms in total. The highest BCUT2D eigenvalue weighted by Crippen LogP contribution is 2.43. The van der Waals surface area contributed by atoms with Gasteiger partial charge < -0.3 is 11.1 Å². The Kier molecular flexibility index (Phi) is 2.87. The fourth-order valence-electron chi connectivity index (χ4n) is 1.05. The lowest BCUT2D eigenvalue weighted by atomic mass is 10.1. The van der Waals surface area contributed by atoms with E-state index in [4.69, 9.17) is 5.73 Å². The molecule has 0 unspecified atom stereocenters. The summed E-state index contributed by atoms with van der Waals surface area (Å²) in [5, 5.41) is 4.96. The molecule has 1 aliphatic carbocycles. The Bertz CT molecular complexity index is 223. The van der Waals surface area contributed by atoms with Crippen LogP contribution in [0, 0.1) is 5.41 Å². The number of rotatable bonds is 4.